The van der Waals surface area contributed by atoms with Crippen LogP contribution < -0.4 is 16.0 Å². The topological polar surface area (TPSA) is 130 Å². The minimum absolute atomic E-state index is 0. The molecular formula is C34H40ClF6N7O2. The van der Waals surface area contributed by atoms with Gasteiger partial charge in [-0.15, -0.1) is 0 Å². The number of hydrogen-bond donors (Lipinski definition) is 2. The summed E-state index contributed by atoms with van der Waals surface area (Å²) in [6.45, 7) is 3.83. The van der Waals surface area contributed by atoms with Crippen LogP contribution in [0, 0.1) is 13.8 Å². The third-order valence-electron chi connectivity index (χ3n) is 8.05. The van der Waals surface area contributed by atoms with E-state index in [1.807, 2.05) is 46.2 Å². The second-order valence-electron chi connectivity index (χ2n) is 11.1. The molecule has 2 saturated heterocycles. The van der Waals surface area contributed by atoms with Crippen molar-refractivity contribution in [1.29, 1.82) is 0 Å². The summed E-state index contributed by atoms with van der Waals surface area (Å²) in [5, 5.41) is 6.78. The van der Waals surface area contributed by atoms with Crippen molar-refractivity contribution in [2.24, 2.45) is 0 Å². The Morgan fingerprint density at radius 3 is 1.70 bits per heavy atom. The Balaban J connectivity index is 0.000000310. The van der Waals surface area contributed by atoms with Gasteiger partial charge in [-0.3, -0.25) is 14.8 Å². The van der Waals surface area contributed by atoms with Crippen molar-refractivity contribution in [3.05, 3.63) is 106 Å². The minimum Gasteiger partial charge on any atom is -0.483 e. The van der Waals surface area contributed by atoms with Crippen LogP contribution >= 0.6 is 11.6 Å². The molecule has 4 aromatic rings. The summed E-state index contributed by atoms with van der Waals surface area (Å²) >= 11 is 5.94. The standard InChI is InChI=1S/C16H15ClF3N3.C16H16F3N3.CH2O2.CH4.H3N/c1-10-11(16(18,19)20)9-14(22-15(10)17)23-8-4-6-13(23)12-5-2-3-7-21-12;1-11-10-21-15(9-12(11)16(17,18)19)22-8-4-6-14(22)13-5-2-3-7-20-13;2-1-3;;/h2-3,5,7,9,13H,4,6,8H2,1H3;2-3,5,7,9-10,14H,4,6,8H2,1H3;1H,(H,2,3);1H4;1H3. The molecule has 0 bridgehead atoms. The summed E-state index contributed by atoms with van der Waals surface area (Å²) in [6, 6.07) is 13.3. The molecule has 0 aliphatic carbocycles. The molecular weight excluding hydrogens is 688 g/mol. The number of aromatic nitrogens is 4. The average molecular weight is 728 g/mol. The number of hydrogen-bond acceptors (Lipinski definition) is 8. The van der Waals surface area contributed by atoms with Gasteiger partial charge >= 0.3 is 12.4 Å². The highest BCUT2D eigenvalue weighted by Crippen LogP contribution is 2.41. The Bertz CT molecular complexity index is 1660. The maximum absolute atomic E-state index is 13.2. The van der Waals surface area contributed by atoms with Crippen molar-refractivity contribution in [3.8, 4) is 0 Å². The van der Waals surface area contributed by atoms with Gasteiger partial charge in [0.15, 0.2) is 0 Å². The third-order valence-corrected chi connectivity index (χ3v) is 8.42. The van der Waals surface area contributed by atoms with E-state index < -0.39 is 23.5 Å². The van der Waals surface area contributed by atoms with Crippen LogP contribution in [-0.4, -0.2) is 44.6 Å². The molecule has 9 nitrogen and oxygen atoms in total. The van der Waals surface area contributed by atoms with Gasteiger partial charge in [-0.25, -0.2) is 9.97 Å². The molecule has 2 fully saturated rings. The highest BCUT2D eigenvalue weighted by Gasteiger charge is 2.37. The fourth-order valence-corrected chi connectivity index (χ4v) is 6.01. The smallest absolute Gasteiger partial charge is 0.416 e. The first-order valence-corrected chi connectivity index (χ1v) is 15.3. The molecule has 6 heterocycles. The second-order valence-corrected chi connectivity index (χ2v) is 11.5. The number of rotatable bonds is 4. The molecule has 4 N–H and O–H groups in total. The molecule has 272 valence electrons. The largest absolute Gasteiger partial charge is 0.483 e. The first-order chi connectivity index (χ1) is 22.8. The molecule has 0 amide bonds. The summed E-state index contributed by atoms with van der Waals surface area (Å²) in [6.07, 6.45) is -0.648. The lowest BCUT2D eigenvalue weighted by Crippen LogP contribution is -2.25. The van der Waals surface area contributed by atoms with Gasteiger partial charge in [0.25, 0.3) is 6.47 Å². The lowest BCUT2D eigenvalue weighted by molar-refractivity contribution is -0.138. The molecule has 50 heavy (non-hydrogen) atoms. The van der Waals surface area contributed by atoms with Crippen LogP contribution in [0.3, 0.4) is 0 Å². The molecule has 6 rings (SSSR count). The average Bonchev–Trinajstić information content (AvgIpc) is 3.74. The lowest BCUT2D eigenvalue weighted by atomic mass is 10.1. The van der Waals surface area contributed by atoms with E-state index in [4.69, 9.17) is 21.5 Å². The van der Waals surface area contributed by atoms with Crippen LogP contribution in [0.2, 0.25) is 5.15 Å². The number of carbonyl (C=O) groups is 1. The van der Waals surface area contributed by atoms with Gasteiger partial charge in [-0.05, 0) is 87.1 Å². The molecule has 2 unspecified atom stereocenters. The fraction of sp³-hybridized carbons (Fsp3) is 0.382. The molecule has 2 aliphatic rings. The van der Waals surface area contributed by atoms with Crippen LogP contribution in [0.5, 0.6) is 0 Å². The van der Waals surface area contributed by atoms with Crippen molar-refractivity contribution in [3.63, 3.8) is 0 Å². The predicted molar refractivity (Wildman–Crippen MR) is 181 cm³/mol. The maximum atomic E-state index is 13.2. The summed E-state index contributed by atoms with van der Waals surface area (Å²) in [5.74, 6) is 0.618. The number of aryl methyl sites for hydroxylation is 1. The minimum atomic E-state index is -4.45. The molecule has 4 aromatic heterocycles. The van der Waals surface area contributed by atoms with Crippen molar-refractivity contribution in [2.75, 3.05) is 22.9 Å². The Morgan fingerprint density at radius 1 is 0.800 bits per heavy atom. The zero-order chi connectivity index (χ0) is 35.1. The van der Waals surface area contributed by atoms with Crippen LogP contribution in [0.15, 0.2) is 67.1 Å². The molecule has 0 radical (unpaired) electrons. The molecule has 0 spiro atoms. The number of pyridine rings is 4. The number of nitrogens with zero attached hydrogens (tertiary/aromatic N) is 6. The van der Waals surface area contributed by atoms with E-state index >= 15 is 0 Å². The van der Waals surface area contributed by atoms with Gasteiger partial charge in [-0.1, -0.05) is 31.2 Å². The fourth-order valence-electron chi connectivity index (χ4n) is 5.82. The molecule has 2 aliphatic heterocycles. The Kier molecular flexibility index (Phi) is 15.0. The summed E-state index contributed by atoms with van der Waals surface area (Å²) < 4.78 is 78.8. The zero-order valence-corrected chi connectivity index (χ0v) is 27.5. The van der Waals surface area contributed by atoms with Gasteiger partial charge in [0.05, 0.1) is 34.6 Å². The Morgan fingerprint density at radius 2 is 1.26 bits per heavy atom. The predicted octanol–water partition coefficient (Wildman–Crippen LogP) is 9.44. The van der Waals surface area contributed by atoms with Crippen molar-refractivity contribution < 1.29 is 36.2 Å². The van der Waals surface area contributed by atoms with Crippen molar-refractivity contribution >= 4 is 29.7 Å². The third kappa shape index (κ3) is 10.0. The molecule has 0 aromatic carbocycles. The first-order valence-electron chi connectivity index (χ1n) is 15.0. The highest BCUT2D eigenvalue weighted by atomic mass is 35.5. The van der Waals surface area contributed by atoms with E-state index in [-0.39, 0.29) is 54.2 Å². The summed E-state index contributed by atoms with van der Waals surface area (Å²) in [7, 11) is 0. The van der Waals surface area contributed by atoms with E-state index in [0.29, 0.717) is 18.9 Å². The van der Waals surface area contributed by atoms with Crippen LogP contribution in [0.25, 0.3) is 0 Å². The Labute approximate surface area is 292 Å². The normalized spacial score (nSPS) is 17.0. The lowest BCUT2D eigenvalue weighted by Gasteiger charge is -2.26. The van der Waals surface area contributed by atoms with Crippen molar-refractivity contribution in [1.82, 2.24) is 26.1 Å². The summed E-state index contributed by atoms with van der Waals surface area (Å²) in [4.78, 5) is 29.2. The van der Waals surface area contributed by atoms with Crippen LogP contribution in [0.4, 0.5) is 38.0 Å². The summed E-state index contributed by atoms with van der Waals surface area (Å²) in [5.41, 5.74) is 0.442. The molecule has 2 atom stereocenters. The van der Waals surface area contributed by atoms with E-state index in [2.05, 4.69) is 19.9 Å². The van der Waals surface area contributed by atoms with Gasteiger partial charge in [0, 0.05) is 31.7 Å². The van der Waals surface area contributed by atoms with Gasteiger partial charge < -0.3 is 21.1 Å². The Hall–Kier alpha value is -4.50. The van der Waals surface area contributed by atoms with Gasteiger partial charge in [0.2, 0.25) is 0 Å². The quantitative estimate of drug-likeness (QED) is 0.120. The number of halogens is 7. The second kappa shape index (κ2) is 17.9. The van der Waals surface area contributed by atoms with E-state index in [9.17, 15) is 26.3 Å². The van der Waals surface area contributed by atoms with Crippen LogP contribution in [0.1, 0.15) is 78.8 Å². The van der Waals surface area contributed by atoms with Crippen molar-refractivity contribution in [2.45, 2.75) is 71.4 Å². The van der Waals surface area contributed by atoms with E-state index in [0.717, 1.165) is 49.2 Å². The van der Waals surface area contributed by atoms with E-state index in [1.54, 1.807) is 12.4 Å². The van der Waals surface area contributed by atoms with Gasteiger partial charge in [0.1, 0.15) is 16.8 Å². The SMILES string of the molecule is C.Cc1c(C(F)(F)F)cc(N2CCCC2c2ccccn2)nc1Cl.Cc1cnc(N2CCCC2c2ccccn2)cc1C(F)(F)F.N.O=CO. The van der Waals surface area contributed by atoms with Gasteiger partial charge in [-0.2, -0.15) is 26.3 Å². The number of carboxylic acid groups (broad SMARTS) is 1. The monoisotopic (exact) mass is 727 g/mol. The highest BCUT2D eigenvalue weighted by molar-refractivity contribution is 6.30. The zero-order valence-electron chi connectivity index (χ0n) is 26.7. The number of anilines is 2. The molecule has 0 saturated carbocycles. The van der Waals surface area contributed by atoms with Crippen LogP contribution in [-0.2, 0) is 17.1 Å². The first kappa shape index (κ1) is 41.7. The number of alkyl halides is 6. The maximum Gasteiger partial charge on any atom is 0.416 e. The van der Waals surface area contributed by atoms with E-state index in [1.165, 1.54) is 20.0 Å². The molecule has 16 heteroatoms.